The maximum Gasteiger partial charge on any atom is 0.241 e. The summed E-state index contributed by atoms with van der Waals surface area (Å²) in [5, 5.41) is 15.8. The van der Waals surface area contributed by atoms with Crippen LogP contribution in [0.3, 0.4) is 0 Å². The van der Waals surface area contributed by atoms with Gasteiger partial charge in [0.1, 0.15) is 18.0 Å². The lowest BCUT2D eigenvalue weighted by Crippen LogP contribution is -2.30. The molecule has 0 aliphatic heterocycles. The molecule has 2 heterocycles. The predicted molar refractivity (Wildman–Crippen MR) is 140 cm³/mol. The van der Waals surface area contributed by atoms with E-state index in [-0.39, 0.29) is 25.6 Å². The van der Waals surface area contributed by atoms with Gasteiger partial charge in [0, 0.05) is 54.4 Å². The number of benzene rings is 2. The molecule has 2 aromatic heterocycles. The van der Waals surface area contributed by atoms with Gasteiger partial charge in [-0.3, -0.25) is 14.5 Å². The lowest BCUT2D eigenvalue weighted by Gasteiger charge is -2.26. The van der Waals surface area contributed by atoms with E-state index in [1.807, 2.05) is 30.3 Å². The normalized spacial score (nSPS) is 12.9. The zero-order valence-corrected chi connectivity index (χ0v) is 20.9. The smallest absolute Gasteiger partial charge is 0.241 e. The van der Waals surface area contributed by atoms with Crippen molar-refractivity contribution in [2.24, 2.45) is 5.92 Å². The second-order valence-corrected chi connectivity index (χ2v) is 9.05. The van der Waals surface area contributed by atoms with Crippen LogP contribution in [0, 0.1) is 5.92 Å². The second-order valence-electron chi connectivity index (χ2n) is 9.05. The molecule has 1 aliphatic carbocycles. The van der Waals surface area contributed by atoms with Crippen LogP contribution in [0.5, 0.6) is 11.5 Å². The van der Waals surface area contributed by atoms with Crippen LogP contribution in [0.4, 0.5) is 11.4 Å². The van der Waals surface area contributed by atoms with E-state index >= 15 is 0 Å². The van der Waals surface area contributed by atoms with Gasteiger partial charge in [-0.15, -0.1) is 0 Å². The summed E-state index contributed by atoms with van der Waals surface area (Å²) in [6.45, 7) is 1.06. The summed E-state index contributed by atoms with van der Waals surface area (Å²) in [6.07, 6.45) is 7.58. The van der Waals surface area contributed by atoms with Crippen LogP contribution in [0.15, 0.2) is 55.0 Å². The Morgan fingerprint density at radius 1 is 1.08 bits per heavy atom. The minimum Gasteiger partial charge on any atom is -0.497 e. The van der Waals surface area contributed by atoms with E-state index in [0.29, 0.717) is 11.6 Å². The molecule has 0 spiro atoms. The zero-order valence-electron chi connectivity index (χ0n) is 20.9. The van der Waals surface area contributed by atoms with Crippen molar-refractivity contribution in [2.45, 2.75) is 19.4 Å². The molecule has 0 bridgehead atoms. The van der Waals surface area contributed by atoms with E-state index in [4.69, 9.17) is 19.6 Å². The fourth-order valence-corrected chi connectivity index (χ4v) is 4.15. The first-order chi connectivity index (χ1) is 18.1. The van der Waals surface area contributed by atoms with Gasteiger partial charge in [0.05, 0.1) is 49.9 Å². The fourth-order valence-electron chi connectivity index (χ4n) is 4.15. The highest BCUT2D eigenvalue weighted by atomic mass is 16.5. The Hall–Kier alpha value is -4.18. The molecule has 2 N–H and O–H groups in total. The molecule has 4 aromatic rings. The molecule has 0 saturated heterocycles. The number of hydrogen-bond acceptors (Lipinski definition) is 8. The first-order valence-corrected chi connectivity index (χ1v) is 12.2. The maximum atomic E-state index is 11.9. The quantitative estimate of drug-likeness (QED) is 0.321. The Bertz CT molecular complexity index is 1380. The number of carbonyl (C=O) groups is 1. The highest BCUT2D eigenvalue weighted by molar-refractivity contribution is 5.83. The van der Waals surface area contributed by atoms with Crippen LogP contribution in [-0.4, -0.2) is 64.7 Å². The number of fused-ring (bicyclic) bond motifs is 1. The molecule has 192 valence electrons. The lowest BCUT2D eigenvalue weighted by molar-refractivity contribution is -0.122. The number of ether oxygens (including phenoxy) is 2. The van der Waals surface area contributed by atoms with E-state index < -0.39 is 0 Å². The Morgan fingerprint density at radius 3 is 2.57 bits per heavy atom. The van der Waals surface area contributed by atoms with E-state index in [1.54, 1.807) is 32.8 Å². The standard InChI is InChI=1S/C27H30N6O4/c1-36-22-9-21(10-23(12-22)37-2)33(15-18-3-4-18)20-5-6-24-25(11-20)31-26(14-29-24)19-13-30-32(16-19)17-27(35)28-7-8-34/h5-6,9-14,16,18,34H,3-4,7-8,15,17H2,1-2H3,(H,28,35). The first-order valence-electron chi connectivity index (χ1n) is 12.2. The molecule has 0 unspecified atom stereocenters. The first kappa shape index (κ1) is 24.5. The number of anilines is 2. The number of nitrogens with one attached hydrogen (secondary N) is 1. The third kappa shape index (κ3) is 5.80. The third-order valence-corrected chi connectivity index (χ3v) is 6.29. The number of hydrogen-bond donors (Lipinski definition) is 2. The Kier molecular flexibility index (Phi) is 7.18. The van der Waals surface area contributed by atoms with E-state index in [9.17, 15) is 4.79 Å². The van der Waals surface area contributed by atoms with Gasteiger partial charge in [0.25, 0.3) is 0 Å². The van der Waals surface area contributed by atoms with Gasteiger partial charge in [-0.1, -0.05) is 0 Å². The molecular weight excluding hydrogens is 472 g/mol. The summed E-state index contributed by atoms with van der Waals surface area (Å²) in [5.41, 5.74) is 4.99. The van der Waals surface area contributed by atoms with Gasteiger partial charge in [0.2, 0.25) is 5.91 Å². The predicted octanol–water partition coefficient (Wildman–Crippen LogP) is 3.17. The average Bonchev–Trinajstić information content (AvgIpc) is 3.64. The lowest BCUT2D eigenvalue weighted by atomic mass is 10.1. The van der Waals surface area contributed by atoms with Crippen LogP contribution in [0.2, 0.25) is 0 Å². The Morgan fingerprint density at radius 2 is 1.86 bits per heavy atom. The molecule has 5 rings (SSSR count). The summed E-state index contributed by atoms with van der Waals surface area (Å²) in [6, 6.07) is 12.0. The number of aromatic nitrogens is 4. The van der Waals surface area contributed by atoms with Crippen molar-refractivity contribution < 1.29 is 19.4 Å². The molecule has 0 atom stereocenters. The number of carbonyl (C=O) groups excluding carboxylic acids is 1. The fraction of sp³-hybridized carbons (Fsp3) is 0.333. The molecule has 37 heavy (non-hydrogen) atoms. The minimum atomic E-state index is -0.220. The average molecular weight is 503 g/mol. The molecule has 10 nitrogen and oxygen atoms in total. The SMILES string of the molecule is COc1cc(OC)cc(N(CC2CC2)c2ccc3ncc(-c4cnn(CC(=O)NCCO)c4)nc3c2)c1. The van der Waals surface area contributed by atoms with Gasteiger partial charge in [-0.25, -0.2) is 4.98 Å². The summed E-state index contributed by atoms with van der Waals surface area (Å²) in [7, 11) is 3.31. The van der Waals surface area contributed by atoms with E-state index in [1.165, 1.54) is 17.5 Å². The van der Waals surface area contributed by atoms with Crippen LogP contribution < -0.4 is 19.7 Å². The topological polar surface area (TPSA) is 115 Å². The molecule has 2 aromatic carbocycles. The molecule has 1 aliphatic rings. The molecular formula is C27H30N6O4. The van der Waals surface area contributed by atoms with Crippen molar-refractivity contribution in [3.8, 4) is 22.8 Å². The van der Waals surface area contributed by atoms with E-state index in [2.05, 4.69) is 26.4 Å². The molecule has 10 heteroatoms. The number of aliphatic hydroxyl groups is 1. The Balaban J connectivity index is 1.45. The summed E-state index contributed by atoms with van der Waals surface area (Å²) in [5.74, 6) is 1.90. The van der Waals surface area contributed by atoms with Crippen molar-refractivity contribution in [3.05, 3.63) is 55.0 Å². The molecule has 0 radical (unpaired) electrons. The third-order valence-electron chi connectivity index (χ3n) is 6.29. The van der Waals surface area contributed by atoms with Crippen molar-refractivity contribution in [1.82, 2.24) is 25.1 Å². The highest BCUT2D eigenvalue weighted by Crippen LogP contribution is 2.38. The van der Waals surface area contributed by atoms with Crippen LogP contribution in [-0.2, 0) is 11.3 Å². The highest BCUT2D eigenvalue weighted by Gasteiger charge is 2.26. The van der Waals surface area contributed by atoms with Crippen LogP contribution in [0.25, 0.3) is 22.3 Å². The van der Waals surface area contributed by atoms with Gasteiger partial charge >= 0.3 is 0 Å². The number of aliphatic hydroxyl groups excluding tert-OH is 1. The van der Waals surface area contributed by atoms with Crippen molar-refractivity contribution >= 4 is 28.3 Å². The minimum absolute atomic E-state index is 0.0608. The number of amides is 1. The van der Waals surface area contributed by atoms with Crippen LogP contribution >= 0.6 is 0 Å². The monoisotopic (exact) mass is 502 g/mol. The second kappa shape index (κ2) is 10.8. The summed E-state index contributed by atoms with van der Waals surface area (Å²) >= 11 is 0. The maximum absolute atomic E-state index is 11.9. The van der Waals surface area contributed by atoms with Crippen molar-refractivity contribution in [2.75, 3.05) is 38.8 Å². The van der Waals surface area contributed by atoms with Crippen molar-refractivity contribution in [3.63, 3.8) is 0 Å². The number of methoxy groups -OCH3 is 2. The molecule has 1 fully saturated rings. The van der Waals surface area contributed by atoms with Gasteiger partial charge in [0.15, 0.2) is 0 Å². The van der Waals surface area contributed by atoms with Gasteiger partial charge in [-0.05, 0) is 37.0 Å². The van der Waals surface area contributed by atoms with Gasteiger partial charge in [-0.2, -0.15) is 5.10 Å². The number of nitrogens with zero attached hydrogens (tertiary/aromatic N) is 5. The van der Waals surface area contributed by atoms with Gasteiger partial charge < -0.3 is 24.8 Å². The summed E-state index contributed by atoms with van der Waals surface area (Å²) in [4.78, 5) is 23.7. The Labute approximate surface area is 214 Å². The summed E-state index contributed by atoms with van der Waals surface area (Å²) < 4.78 is 12.6. The molecule has 1 saturated carbocycles. The zero-order chi connectivity index (χ0) is 25.8. The van der Waals surface area contributed by atoms with Crippen LogP contribution in [0.1, 0.15) is 12.8 Å². The largest absolute Gasteiger partial charge is 0.497 e. The van der Waals surface area contributed by atoms with Crippen molar-refractivity contribution in [1.29, 1.82) is 0 Å². The number of rotatable bonds is 11. The molecule has 1 amide bonds. The van der Waals surface area contributed by atoms with E-state index in [0.717, 1.165) is 46.0 Å².